The summed E-state index contributed by atoms with van der Waals surface area (Å²) >= 11 is 1.80. The van der Waals surface area contributed by atoms with Crippen LogP contribution in [0, 0.1) is 5.92 Å². The van der Waals surface area contributed by atoms with Gasteiger partial charge < -0.3 is 5.32 Å². The average molecular weight is 426 g/mol. The van der Waals surface area contributed by atoms with Crippen LogP contribution in [0.2, 0.25) is 0 Å². The minimum atomic E-state index is -0.122. The molecule has 158 valence electrons. The molecule has 0 aliphatic carbocycles. The summed E-state index contributed by atoms with van der Waals surface area (Å²) in [6.07, 6.45) is 2.80. The molecule has 1 aromatic heterocycles. The van der Waals surface area contributed by atoms with E-state index in [1.807, 2.05) is 12.1 Å². The Morgan fingerprint density at radius 3 is 2.33 bits per heavy atom. The summed E-state index contributed by atoms with van der Waals surface area (Å²) in [4.78, 5) is 41.1. The number of piperidine rings is 1. The fourth-order valence-electron chi connectivity index (χ4n) is 4.05. The Labute approximate surface area is 180 Å². The maximum atomic E-state index is 12.5. The van der Waals surface area contributed by atoms with E-state index in [1.54, 1.807) is 23.5 Å². The van der Waals surface area contributed by atoms with Crippen LogP contribution in [0.1, 0.15) is 46.5 Å². The van der Waals surface area contributed by atoms with Crippen molar-refractivity contribution < 1.29 is 14.4 Å². The zero-order valence-corrected chi connectivity index (χ0v) is 17.8. The van der Waals surface area contributed by atoms with Crippen LogP contribution < -0.4 is 5.32 Å². The number of imide groups is 1. The van der Waals surface area contributed by atoms with Crippen molar-refractivity contribution in [2.24, 2.45) is 5.92 Å². The first-order valence-electron chi connectivity index (χ1n) is 10.5. The van der Waals surface area contributed by atoms with Crippen LogP contribution >= 0.6 is 11.3 Å². The summed E-state index contributed by atoms with van der Waals surface area (Å²) in [6, 6.07) is 11.4. The number of likely N-dealkylation sites (tertiary alicyclic amines) is 2. The molecule has 1 aromatic carbocycles. The molecule has 2 aliphatic heterocycles. The van der Waals surface area contributed by atoms with Gasteiger partial charge in [0.2, 0.25) is 11.8 Å². The molecule has 4 rings (SSSR count). The first kappa shape index (κ1) is 20.8. The molecule has 0 unspecified atom stereocenters. The third-order valence-electron chi connectivity index (χ3n) is 5.93. The highest BCUT2D eigenvalue weighted by molar-refractivity contribution is 7.09. The molecule has 2 aliphatic rings. The molecule has 0 spiro atoms. The maximum absolute atomic E-state index is 12.5. The molecule has 2 fully saturated rings. The molecule has 7 heteroatoms. The van der Waals surface area contributed by atoms with Crippen molar-refractivity contribution in [3.63, 3.8) is 0 Å². The highest BCUT2D eigenvalue weighted by Gasteiger charge is 2.28. The lowest BCUT2D eigenvalue weighted by atomic mass is 9.96. The summed E-state index contributed by atoms with van der Waals surface area (Å²) in [7, 11) is 0. The Kier molecular flexibility index (Phi) is 6.59. The SMILES string of the molecule is O=C(NCC1CCN(Cc2cccs2)CC1)c1ccc(CN2C(=O)CCC2=O)cc1. The molecule has 2 aromatic rings. The minimum absolute atomic E-state index is 0.0732. The molecule has 3 heterocycles. The monoisotopic (exact) mass is 425 g/mol. The zero-order valence-electron chi connectivity index (χ0n) is 17.0. The van der Waals surface area contributed by atoms with Gasteiger partial charge in [0, 0.05) is 36.4 Å². The molecule has 0 bridgehead atoms. The van der Waals surface area contributed by atoms with Gasteiger partial charge in [-0.3, -0.25) is 24.2 Å². The van der Waals surface area contributed by atoms with Crippen LogP contribution in [0.5, 0.6) is 0 Å². The third kappa shape index (κ3) is 5.15. The number of hydrogen-bond donors (Lipinski definition) is 1. The molecule has 2 saturated heterocycles. The Bertz CT molecular complexity index is 871. The van der Waals surface area contributed by atoms with Gasteiger partial charge in [0.1, 0.15) is 0 Å². The fourth-order valence-corrected chi connectivity index (χ4v) is 4.80. The molecule has 0 saturated carbocycles. The van der Waals surface area contributed by atoms with Crippen LogP contribution in [0.25, 0.3) is 0 Å². The second-order valence-electron chi connectivity index (χ2n) is 8.08. The normalized spacial score (nSPS) is 18.2. The van der Waals surface area contributed by atoms with Crippen molar-refractivity contribution >= 4 is 29.1 Å². The van der Waals surface area contributed by atoms with Gasteiger partial charge >= 0.3 is 0 Å². The van der Waals surface area contributed by atoms with Crippen molar-refractivity contribution in [3.05, 3.63) is 57.8 Å². The van der Waals surface area contributed by atoms with Crippen molar-refractivity contribution in [1.29, 1.82) is 0 Å². The van der Waals surface area contributed by atoms with Crippen LogP contribution in [-0.2, 0) is 22.7 Å². The molecule has 30 heavy (non-hydrogen) atoms. The lowest BCUT2D eigenvalue weighted by Crippen LogP contribution is -2.38. The van der Waals surface area contributed by atoms with E-state index in [2.05, 4.69) is 27.7 Å². The van der Waals surface area contributed by atoms with E-state index in [0.717, 1.165) is 38.0 Å². The highest BCUT2D eigenvalue weighted by Crippen LogP contribution is 2.20. The van der Waals surface area contributed by atoms with E-state index in [-0.39, 0.29) is 24.3 Å². The van der Waals surface area contributed by atoms with Crippen molar-refractivity contribution in [2.45, 2.75) is 38.8 Å². The van der Waals surface area contributed by atoms with E-state index >= 15 is 0 Å². The second-order valence-corrected chi connectivity index (χ2v) is 9.11. The van der Waals surface area contributed by atoms with Crippen molar-refractivity contribution in [2.75, 3.05) is 19.6 Å². The number of carbonyl (C=O) groups excluding carboxylic acids is 3. The summed E-state index contributed by atoms with van der Waals surface area (Å²) in [5, 5.41) is 5.18. The van der Waals surface area contributed by atoms with Crippen LogP contribution in [0.3, 0.4) is 0 Å². The number of nitrogens with zero attached hydrogens (tertiary/aromatic N) is 2. The number of nitrogens with one attached hydrogen (secondary N) is 1. The minimum Gasteiger partial charge on any atom is -0.352 e. The first-order valence-corrected chi connectivity index (χ1v) is 11.4. The highest BCUT2D eigenvalue weighted by atomic mass is 32.1. The first-order chi connectivity index (χ1) is 14.6. The van der Waals surface area contributed by atoms with Crippen LogP contribution in [0.4, 0.5) is 0 Å². The number of benzene rings is 1. The van der Waals surface area contributed by atoms with Gasteiger partial charge in [-0.15, -0.1) is 11.3 Å². The predicted octanol–water partition coefficient (Wildman–Crippen LogP) is 3.04. The Morgan fingerprint density at radius 2 is 1.70 bits per heavy atom. The van der Waals surface area contributed by atoms with Gasteiger partial charge in [0.15, 0.2) is 0 Å². The van der Waals surface area contributed by atoms with E-state index < -0.39 is 0 Å². The molecular formula is C23H27N3O3S. The molecule has 6 nitrogen and oxygen atoms in total. The van der Waals surface area contributed by atoms with E-state index in [4.69, 9.17) is 0 Å². The number of amides is 3. The smallest absolute Gasteiger partial charge is 0.251 e. The van der Waals surface area contributed by atoms with Gasteiger partial charge in [-0.05, 0) is 61.0 Å². The van der Waals surface area contributed by atoms with Crippen LogP contribution in [-0.4, -0.2) is 47.2 Å². The predicted molar refractivity (Wildman–Crippen MR) is 116 cm³/mol. The number of thiophene rings is 1. The molecule has 0 atom stereocenters. The van der Waals surface area contributed by atoms with E-state index in [9.17, 15) is 14.4 Å². The van der Waals surface area contributed by atoms with Gasteiger partial charge in [0.25, 0.3) is 5.91 Å². The topological polar surface area (TPSA) is 69.7 Å². The standard InChI is InChI=1S/C23H27N3O3S/c27-21-7-8-22(28)26(21)15-18-3-5-19(6-4-18)23(29)24-14-17-9-11-25(12-10-17)16-20-2-1-13-30-20/h1-6,13,17H,7-12,14-16H2,(H,24,29). The Hall–Kier alpha value is -2.51. The lowest BCUT2D eigenvalue weighted by Gasteiger charge is -2.31. The summed E-state index contributed by atoms with van der Waals surface area (Å²) in [5.74, 6) is 0.197. The molecule has 3 amide bonds. The molecule has 0 radical (unpaired) electrons. The molecular weight excluding hydrogens is 398 g/mol. The summed E-state index contributed by atoms with van der Waals surface area (Å²) < 4.78 is 0. The summed E-state index contributed by atoms with van der Waals surface area (Å²) in [6.45, 7) is 4.15. The lowest BCUT2D eigenvalue weighted by molar-refractivity contribution is -0.139. The zero-order chi connectivity index (χ0) is 20.9. The van der Waals surface area contributed by atoms with Crippen molar-refractivity contribution in [3.8, 4) is 0 Å². The number of rotatable bonds is 7. The number of hydrogen-bond acceptors (Lipinski definition) is 5. The van der Waals surface area contributed by atoms with Crippen LogP contribution in [0.15, 0.2) is 41.8 Å². The third-order valence-corrected chi connectivity index (χ3v) is 6.79. The van der Waals surface area contributed by atoms with Gasteiger partial charge in [0.05, 0.1) is 6.54 Å². The molecule has 1 N–H and O–H groups in total. The van der Waals surface area contributed by atoms with Gasteiger partial charge in [-0.1, -0.05) is 18.2 Å². The Morgan fingerprint density at radius 1 is 1.00 bits per heavy atom. The summed E-state index contributed by atoms with van der Waals surface area (Å²) in [5.41, 5.74) is 1.46. The van der Waals surface area contributed by atoms with E-state index in [0.29, 0.717) is 30.9 Å². The average Bonchev–Trinajstić information content (AvgIpc) is 3.39. The number of carbonyl (C=O) groups is 3. The van der Waals surface area contributed by atoms with Gasteiger partial charge in [-0.2, -0.15) is 0 Å². The van der Waals surface area contributed by atoms with Gasteiger partial charge in [-0.25, -0.2) is 0 Å². The van der Waals surface area contributed by atoms with E-state index in [1.165, 1.54) is 9.78 Å². The maximum Gasteiger partial charge on any atom is 0.251 e. The quantitative estimate of drug-likeness (QED) is 0.693. The van der Waals surface area contributed by atoms with Crippen molar-refractivity contribution in [1.82, 2.24) is 15.1 Å². The largest absolute Gasteiger partial charge is 0.352 e. The Balaban J connectivity index is 1.21. The fraction of sp³-hybridized carbons (Fsp3) is 0.435. The second kappa shape index (κ2) is 9.53.